The summed E-state index contributed by atoms with van der Waals surface area (Å²) in [4.78, 5) is 0. The first-order chi connectivity index (χ1) is 4.16. The van der Waals surface area contributed by atoms with Crippen molar-refractivity contribution in [1.29, 1.82) is 0 Å². The van der Waals surface area contributed by atoms with Crippen LogP contribution in [0.3, 0.4) is 0 Å². The Morgan fingerprint density at radius 1 is 1.56 bits per heavy atom. The van der Waals surface area contributed by atoms with E-state index in [1.807, 2.05) is 13.8 Å². The van der Waals surface area contributed by atoms with Crippen LogP contribution in [0, 0.1) is 0 Å². The first kappa shape index (κ1) is 8.88. The summed E-state index contributed by atoms with van der Waals surface area (Å²) in [6.45, 7) is 4.45. The summed E-state index contributed by atoms with van der Waals surface area (Å²) in [5.74, 6) is 0. The van der Waals surface area contributed by atoms with Crippen LogP contribution in [0.5, 0.6) is 0 Å². The van der Waals surface area contributed by atoms with Gasteiger partial charge in [-0.1, -0.05) is 0 Å². The summed E-state index contributed by atoms with van der Waals surface area (Å²) in [6, 6.07) is 0. The molecule has 3 N–H and O–H groups in total. The van der Waals surface area contributed by atoms with Crippen molar-refractivity contribution in [2.75, 3.05) is 13.2 Å². The smallest absolute Gasteiger partial charge is 0.0895 e. The molecular formula is C6H15NO2. The van der Waals surface area contributed by atoms with E-state index in [4.69, 9.17) is 15.6 Å². The van der Waals surface area contributed by atoms with E-state index in [-0.39, 0.29) is 12.6 Å². The molecule has 0 heterocycles. The quantitative estimate of drug-likeness (QED) is 0.555. The standard InChI is InChI=1S/C6H15NO2/c1-5(2)9-4-6(8)3-7/h5-6,8H,3-4,7H2,1-2H3/t6-/m1/s1. The third kappa shape index (κ3) is 5.76. The Morgan fingerprint density at radius 3 is 2.44 bits per heavy atom. The lowest BCUT2D eigenvalue weighted by Crippen LogP contribution is -2.26. The molecule has 0 unspecified atom stereocenters. The van der Waals surface area contributed by atoms with E-state index in [1.165, 1.54) is 0 Å². The summed E-state index contributed by atoms with van der Waals surface area (Å²) in [7, 11) is 0. The lowest BCUT2D eigenvalue weighted by Gasteiger charge is -2.10. The molecule has 0 fully saturated rings. The average molecular weight is 133 g/mol. The molecule has 0 aromatic carbocycles. The lowest BCUT2D eigenvalue weighted by molar-refractivity contribution is 0.00963. The number of hydrogen-bond donors (Lipinski definition) is 2. The maximum atomic E-state index is 8.86. The Morgan fingerprint density at radius 2 is 2.11 bits per heavy atom. The minimum Gasteiger partial charge on any atom is -0.389 e. The SMILES string of the molecule is CC(C)OC[C@H](O)CN. The minimum absolute atomic E-state index is 0.172. The molecule has 0 bridgehead atoms. The Bertz CT molecular complexity index is 66.1. The van der Waals surface area contributed by atoms with Gasteiger partial charge < -0.3 is 15.6 Å². The minimum atomic E-state index is -0.507. The molecule has 0 radical (unpaired) electrons. The highest BCUT2D eigenvalue weighted by Crippen LogP contribution is 1.89. The molecule has 0 aliphatic heterocycles. The van der Waals surface area contributed by atoms with Gasteiger partial charge in [-0.2, -0.15) is 0 Å². The van der Waals surface area contributed by atoms with Crippen molar-refractivity contribution < 1.29 is 9.84 Å². The first-order valence-electron chi connectivity index (χ1n) is 3.16. The van der Waals surface area contributed by atoms with Gasteiger partial charge in [0.1, 0.15) is 0 Å². The van der Waals surface area contributed by atoms with Crippen molar-refractivity contribution in [2.45, 2.75) is 26.1 Å². The normalized spacial score (nSPS) is 14.3. The molecule has 1 atom stereocenters. The van der Waals surface area contributed by atoms with Gasteiger partial charge in [-0.05, 0) is 13.8 Å². The Hall–Kier alpha value is -0.120. The fourth-order valence-electron chi connectivity index (χ4n) is 0.372. The molecular weight excluding hydrogens is 118 g/mol. The Kier molecular flexibility index (Phi) is 4.67. The highest BCUT2D eigenvalue weighted by atomic mass is 16.5. The van der Waals surface area contributed by atoms with Crippen molar-refractivity contribution in [3.05, 3.63) is 0 Å². The second-order valence-corrected chi connectivity index (χ2v) is 2.27. The van der Waals surface area contributed by atoms with Crippen LogP contribution in [-0.2, 0) is 4.74 Å². The topological polar surface area (TPSA) is 55.5 Å². The maximum absolute atomic E-state index is 8.86. The highest BCUT2D eigenvalue weighted by Gasteiger charge is 2.00. The van der Waals surface area contributed by atoms with E-state index in [9.17, 15) is 0 Å². The van der Waals surface area contributed by atoms with Crippen LogP contribution in [0.4, 0.5) is 0 Å². The van der Waals surface area contributed by atoms with E-state index >= 15 is 0 Å². The monoisotopic (exact) mass is 133 g/mol. The van der Waals surface area contributed by atoms with Gasteiger partial charge in [0.15, 0.2) is 0 Å². The van der Waals surface area contributed by atoms with Crippen LogP contribution in [0.2, 0.25) is 0 Å². The lowest BCUT2D eigenvalue weighted by atomic mass is 10.4. The molecule has 0 amide bonds. The molecule has 56 valence electrons. The summed E-state index contributed by atoms with van der Waals surface area (Å²) >= 11 is 0. The zero-order chi connectivity index (χ0) is 7.28. The molecule has 0 saturated heterocycles. The van der Waals surface area contributed by atoms with Gasteiger partial charge in [0.25, 0.3) is 0 Å². The van der Waals surface area contributed by atoms with E-state index in [2.05, 4.69) is 0 Å². The zero-order valence-corrected chi connectivity index (χ0v) is 6.00. The van der Waals surface area contributed by atoms with Gasteiger partial charge in [-0.15, -0.1) is 0 Å². The summed E-state index contributed by atoms with van der Waals surface area (Å²) in [5.41, 5.74) is 5.13. The van der Waals surface area contributed by atoms with Gasteiger partial charge in [-0.25, -0.2) is 0 Å². The van der Waals surface area contributed by atoms with Gasteiger partial charge >= 0.3 is 0 Å². The summed E-state index contributed by atoms with van der Waals surface area (Å²) in [5, 5.41) is 8.86. The Balaban J connectivity index is 3.06. The number of aliphatic hydroxyl groups is 1. The fourth-order valence-corrected chi connectivity index (χ4v) is 0.372. The second kappa shape index (κ2) is 4.73. The number of ether oxygens (including phenoxy) is 1. The average Bonchev–Trinajstić information content (AvgIpc) is 1.83. The molecule has 0 spiro atoms. The third-order valence-corrected chi connectivity index (χ3v) is 0.894. The van der Waals surface area contributed by atoms with Crippen molar-refractivity contribution in [2.24, 2.45) is 5.73 Å². The van der Waals surface area contributed by atoms with Crippen molar-refractivity contribution in [3.8, 4) is 0 Å². The number of nitrogens with two attached hydrogens (primary N) is 1. The maximum Gasteiger partial charge on any atom is 0.0895 e. The van der Waals surface area contributed by atoms with Gasteiger partial charge in [0.05, 0.1) is 18.8 Å². The molecule has 0 saturated carbocycles. The number of aliphatic hydroxyl groups excluding tert-OH is 1. The fraction of sp³-hybridized carbons (Fsp3) is 1.00. The van der Waals surface area contributed by atoms with Gasteiger partial charge in [-0.3, -0.25) is 0 Å². The molecule has 3 heteroatoms. The molecule has 0 rings (SSSR count). The molecule has 9 heavy (non-hydrogen) atoms. The van der Waals surface area contributed by atoms with Crippen molar-refractivity contribution in [1.82, 2.24) is 0 Å². The largest absolute Gasteiger partial charge is 0.389 e. The van der Waals surface area contributed by atoms with Crippen LogP contribution in [0.25, 0.3) is 0 Å². The van der Waals surface area contributed by atoms with Crippen LogP contribution in [0.15, 0.2) is 0 Å². The van der Waals surface area contributed by atoms with Crippen LogP contribution >= 0.6 is 0 Å². The predicted octanol–water partition coefficient (Wildman–Crippen LogP) is -0.269. The Labute approximate surface area is 55.8 Å². The van der Waals surface area contributed by atoms with E-state index in [0.29, 0.717) is 6.61 Å². The molecule has 0 aromatic rings. The van der Waals surface area contributed by atoms with Crippen molar-refractivity contribution in [3.63, 3.8) is 0 Å². The zero-order valence-electron chi connectivity index (χ0n) is 6.00. The second-order valence-electron chi connectivity index (χ2n) is 2.27. The predicted molar refractivity (Wildman–Crippen MR) is 36.1 cm³/mol. The van der Waals surface area contributed by atoms with E-state index < -0.39 is 6.10 Å². The van der Waals surface area contributed by atoms with E-state index in [1.54, 1.807) is 0 Å². The highest BCUT2D eigenvalue weighted by molar-refractivity contribution is 4.52. The first-order valence-corrected chi connectivity index (χ1v) is 3.16. The number of rotatable bonds is 4. The van der Waals surface area contributed by atoms with Crippen LogP contribution in [0.1, 0.15) is 13.8 Å². The molecule has 0 aromatic heterocycles. The molecule has 0 aliphatic rings. The molecule has 0 aliphatic carbocycles. The van der Waals surface area contributed by atoms with Gasteiger partial charge in [0.2, 0.25) is 0 Å². The number of hydrogen-bond acceptors (Lipinski definition) is 3. The van der Waals surface area contributed by atoms with Crippen LogP contribution < -0.4 is 5.73 Å². The van der Waals surface area contributed by atoms with Gasteiger partial charge in [0, 0.05) is 6.54 Å². The molecule has 3 nitrogen and oxygen atoms in total. The van der Waals surface area contributed by atoms with Crippen molar-refractivity contribution >= 4 is 0 Å². The summed E-state index contributed by atoms with van der Waals surface area (Å²) < 4.78 is 5.06. The summed E-state index contributed by atoms with van der Waals surface area (Å²) in [6.07, 6.45) is -0.335. The van der Waals surface area contributed by atoms with Crippen LogP contribution in [-0.4, -0.2) is 30.5 Å². The van der Waals surface area contributed by atoms with E-state index in [0.717, 1.165) is 0 Å². The third-order valence-electron chi connectivity index (χ3n) is 0.894.